The fourth-order valence-corrected chi connectivity index (χ4v) is 2.74. The molecule has 0 saturated heterocycles. The first-order valence-corrected chi connectivity index (χ1v) is 6.30. The van der Waals surface area contributed by atoms with Crippen molar-refractivity contribution in [2.75, 3.05) is 0 Å². The molecule has 16 heavy (non-hydrogen) atoms. The molecule has 0 aliphatic rings. The van der Waals surface area contributed by atoms with Crippen molar-refractivity contribution < 1.29 is 8.91 Å². The van der Waals surface area contributed by atoms with Crippen LogP contribution < -0.4 is 0 Å². The van der Waals surface area contributed by atoms with Crippen LogP contribution in [0.2, 0.25) is 0 Å². The summed E-state index contributed by atoms with van der Waals surface area (Å²) in [4.78, 5) is 4.98. The fourth-order valence-electron chi connectivity index (χ4n) is 1.42. The van der Waals surface area contributed by atoms with E-state index < -0.39 is 0 Å². The molecule has 1 aromatic carbocycles. The number of fused-ring (bicyclic) bond motifs is 1. The van der Waals surface area contributed by atoms with E-state index in [4.69, 9.17) is 4.52 Å². The molecule has 0 fully saturated rings. The zero-order valence-electron chi connectivity index (χ0n) is 7.78. The van der Waals surface area contributed by atoms with Crippen LogP contribution in [0, 0.1) is 9.65 Å². The largest absolute Gasteiger partial charge is 0.332 e. The average molecular weight is 346 g/mol. The molecule has 0 unspecified atom stereocenters. The van der Waals surface area contributed by atoms with Crippen molar-refractivity contribution >= 4 is 44.0 Å². The Morgan fingerprint density at radius 3 is 2.94 bits per heavy atom. The van der Waals surface area contributed by atoms with Gasteiger partial charge in [0.2, 0.25) is 3.83 Å². The van der Waals surface area contributed by atoms with Crippen molar-refractivity contribution in [1.82, 2.24) is 10.1 Å². The van der Waals surface area contributed by atoms with E-state index in [2.05, 4.69) is 10.1 Å². The lowest BCUT2D eigenvalue weighted by molar-refractivity contribution is 0.426. The number of benzene rings is 1. The summed E-state index contributed by atoms with van der Waals surface area (Å²) in [5.41, 5.74) is 0. The SMILES string of the molecule is Fc1ccc2cc(-c3nc(I)no3)sc2c1. The Morgan fingerprint density at radius 1 is 1.31 bits per heavy atom. The van der Waals surface area contributed by atoms with Crippen molar-refractivity contribution in [3.8, 4) is 10.8 Å². The summed E-state index contributed by atoms with van der Waals surface area (Å²) < 4.78 is 19.5. The molecular weight excluding hydrogens is 342 g/mol. The van der Waals surface area contributed by atoms with E-state index >= 15 is 0 Å². The van der Waals surface area contributed by atoms with E-state index in [9.17, 15) is 4.39 Å². The lowest BCUT2D eigenvalue weighted by atomic mass is 10.2. The summed E-state index contributed by atoms with van der Waals surface area (Å²) in [5, 5.41) is 4.69. The first-order valence-electron chi connectivity index (χ1n) is 4.41. The molecule has 3 aromatic rings. The monoisotopic (exact) mass is 346 g/mol. The van der Waals surface area contributed by atoms with Crippen LogP contribution in [0.25, 0.3) is 20.9 Å². The Labute approximate surface area is 107 Å². The zero-order chi connectivity index (χ0) is 11.1. The minimum absolute atomic E-state index is 0.235. The Kier molecular flexibility index (Phi) is 2.40. The van der Waals surface area contributed by atoms with Crippen LogP contribution in [0.4, 0.5) is 4.39 Å². The molecule has 0 atom stereocenters. The Balaban J connectivity index is 2.18. The number of hydrogen-bond donors (Lipinski definition) is 0. The van der Waals surface area contributed by atoms with Gasteiger partial charge in [0, 0.05) is 27.3 Å². The molecule has 80 valence electrons. The second-order valence-electron chi connectivity index (χ2n) is 3.16. The standard InChI is InChI=1S/C10H4FIN2OS/c11-6-2-1-5-3-8(16-7(5)4-6)9-13-10(12)14-15-9/h1-4H. The van der Waals surface area contributed by atoms with Gasteiger partial charge < -0.3 is 4.52 Å². The normalized spacial score (nSPS) is 11.1. The zero-order valence-corrected chi connectivity index (χ0v) is 10.8. The molecular formula is C10H4FIN2OS. The van der Waals surface area contributed by atoms with Crippen LogP contribution in [0.5, 0.6) is 0 Å². The minimum Gasteiger partial charge on any atom is -0.332 e. The van der Waals surface area contributed by atoms with Gasteiger partial charge in [0.15, 0.2) is 0 Å². The van der Waals surface area contributed by atoms with E-state index in [0.717, 1.165) is 15.0 Å². The molecule has 0 saturated carbocycles. The van der Waals surface area contributed by atoms with Gasteiger partial charge in [-0.25, -0.2) is 4.39 Å². The van der Waals surface area contributed by atoms with Crippen molar-refractivity contribution in [3.05, 3.63) is 33.9 Å². The predicted octanol–water partition coefficient (Wildman–Crippen LogP) is 3.70. The van der Waals surface area contributed by atoms with E-state index in [1.54, 1.807) is 6.07 Å². The molecule has 6 heteroatoms. The lowest BCUT2D eigenvalue weighted by Gasteiger charge is -1.86. The molecule has 0 N–H and O–H groups in total. The number of thiophene rings is 1. The summed E-state index contributed by atoms with van der Waals surface area (Å²) in [7, 11) is 0. The molecule has 0 radical (unpaired) electrons. The van der Waals surface area contributed by atoms with Crippen LogP contribution in [-0.4, -0.2) is 10.1 Å². The smallest absolute Gasteiger partial charge is 0.268 e. The van der Waals surface area contributed by atoms with E-state index in [0.29, 0.717) is 9.72 Å². The Hall–Kier alpha value is -1.02. The third-order valence-electron chi connectivity index (χ3n) is 2.09. The van der Waals surface area contributed by atoms with Gasteiger partial charge in [-0.15, -0.1) is 11.3 Å². The van der Waals surface area contributed by atoms with Gasteiger partial charge in [-0.2, -0.15) is 4.98 Å². The summed E-state index contributed by atoms with van der Waals surface area (Å²) >= 11 is 3.42. The maximum atomic E-state index is 13.0. The Bertz CT molecular complexity index is 664. The second kappa shape index (κ2) is 3.77. The molecule has 0 spiro atoms. The van der Waals surface area contributed by atoms with Crippen molar-refractivity contribution in [1.29, 1.82) is 0 Å². The highest BCUT2D eigenvalue weighted by Gasteiger charge is 2.11. The summed E-state index contributed by atoms with van der Waals surface area (Å²) in [6.45, 7) is 0. The van der Waals surface area contributed by atoms with Crippen molar-refractivity contribution in [2.24, 2.45) is 0 Å². The molecule has 0 bridgehead atoms. The van der Waals surface area contributed by atoms with Gasteiger partial charge in [0.1, 0.15) is 5.82 Å². The van der Waals surface area contributed by atoms with E-state index in [1.165, 1.54) is 23.5 Å². The van der Waals surface area contributed by atoms with Crippen LogP contribution in [0.15, 0.2) is 28.8 Å². The topological polar surface area (TPSA) is 38.9 Å². The number of halogens is 2. The summed E-state index contributed by atoms with van der Waals surface area (Å²) in [6, 6.07) is 6.61. The highest BCUT2D eigenvalue weighted by molar-refractivity contribution is 14.1. The molecule has 2 aromatic heterocycles. The summed E-state index contributed by atoms with van der Waals surface area (Å²) in [5.74, 6) is 0.243. The van der Waals surface area contributed by atoms with Crippen LogP contribution in [0.1, 0.15) is 0 Å². The van der Waals surface area contributed by atoms with Gasteiger partial charge in [0.05, 0.1) is 4.88 Å². The number of aromatic nitrogens is 2. The predicted molar refractivity (Wildman–Crippen MR) is 67.8 cm³/mol. The minimum atomic E-state index is -0.235. The third-order valence-corrected chi connectivity index (χ3v) is 3.62. The highest BCUT2D eigenvalue weighted by Crippen LogP contribution is 2.32. The van der Waals surface area contributed by atoms with Gasteiger partial charge >= 0.3 is 0 Å². The van der Waals surface area contributed by atoms with Crippen LogP contribution in [0.3, 0.4) is 0 Å². The van der Waals surface area contributed by atoms with Gasteiger partial charge in [-0.1, -0.05) is 11.2 Å². The molecule has 0 amide bonds. The number of rotatable bonds is 1. The van der Waals surface area contributed by atoms with E-state index in [1.807, 2.05) is 28.7 Å². The van der Waals surface area contributed by atoms with Crippen LogP contribution >= 0.6 is 33.9 Å². The first kappa shape index (κ1) is 10.2. The molecule has 3 nitrogen and oxygen atoms in total. The number of hydrogen-bond acceptors (Lipinski definition) is 4. The number of nitrogens with zero attached hydrogens (tertiary/aromatic N) is 2. The van der Waals surface area contributed by atoms with E-state index in [-0.39, 0.29) is 5.82 Å². The molecule has 0 aliphatic carbocycles. The fraction of sp³-hybridized carbons (Fsp3) is 0. The van der Waals surface area contributed by atoms with Gasteiger partial charge in [0.25, 0.3) is 5.89 Å². The lowest BCUT2D eigenvalue weighted by Crippen LogP contribution is -1.71. The quantitative estimate of drug-likeness (QED) is 0.631. The third kappa shape index (κ3) is 1.71. The maximum absolute atomic E-state index is 13.0. The average Bonchev–Trinajstić information content (AvgIpc) is 2.83. The maximum Gasteiger partial charge on any atom is 0.268 e. The van der Waals surface area contributed by atoms with Crippen LogP contribution in [-0.2, 0) is 0 Å². The molecule has 2 heterocycles. The van der Waals surface area contributed by atoms with Gasteiger partial charge in [-0.05, 0) is 23.6 Å². The second-order valence-corrected chi connectivity index (χ2v) is 5.21. The Morgan fingerprint density at radius 2 is 2.19 bits per heavy atom. The van der Waals surface area contributed by atoms with Crippen molar-refractivity contribution in [3.63, 3.8) is 0 Å². The first-order chi connectivity index (χ1) is 7.72. The van der Waals surface area contributed by atoms with Gasteiger partial charge in [-0.3, -0.25) is 0 Å². The molecule has 3 rings (SSSR count). The molecule has 0 aliphatic heterocycles. The summed E-state index contributed by atoms with van der Waals surface area (Å²) in [6.07, 6.45) is 0. The van der Waals surface area contributed by atoms with Crippen molar-refractivity contribution in [2.45, 2.75) is 0 Å². The highest BCUT2D eigenvalue weighted by atomic mass is 127.